The van der Waals surface area contributed by atoms with E-state index < -0.39 is 0 Å². The van der Waals surface area contributed by atoms with E-state index in [-0.39, 0.29) is 33.0 Å². The van der Waals surface area contributed by atoms with Crippen LogP contribution in [0.3, 0.4) is 0 Å². The quantitative estimate of drug-likeness (QED) is 0.293. The number of hydrogen-bond donors (Lipinski definition) is 2. The van der Waals surface area contributed by atoms with Gasteiger partial charge in [0.25, 0.3) is 0 Å². The molecular formula is C20H12Cl4N8. The first-order chi connectivity index (χ1) is 15.4. The largest absolute Gasteiger partial charge is 0.324 e. The van der Waals surface area contributed by atoms with E-state index in [0.29, 0.717) is 0 Å². The summed E-state index contributed by atoms with van der Waals surface area (Å²) in [6.07, 6.45) is 3.99. The standard InChI is InChI=1S/C20H12Cl4N8/c21-15-27-16(22)30-19(29-15)25-13-7-3-11(4-8-13)1-2-12-5-9-14(10-6-12)26-20-31-17(23)28-18(24)32-20/h1-10H,(H,25,27,29,30)(H,26,28,31,32)/b2-1+. The molecule has 4 rings (SSSR count). The highest BCUT2D eigenvalue weighted by atomic mass is 35.5. The van der Waals surface area contributed by atoms with Gasteiger partial charge >= 0.3 is 0 Å². The highest BCUT2D eigenvalue weighted by Gasteiger charge is 2.04. The molecule has 0 atom stereocenters. The van der Waals surface area contributed by atoms with E-state index in [2.05, 4.69) is 40.5 Å². The lowest BCUT2D eigenvalue weighted by molar-refractivity contribution is 1.05. The smallest absolute Gasteiger partial charge is 0.232 e. The number of hydrogen-bond acceptors (Lipinski definition) is 8. The van der Waals surface area contributed by atoms with Crippen LogP contribution < -0.4 is 10.6 Å². The Balaban J connectivity index is 1.38. The van der Waals surface area contributed by atoms with Crippen molar-refractivity contribution in [3.8, 4) is 0 Å². The zero-order valence-corrected chi connectivity index (χ0v) is 19.0. The Hall–Kier alpha value is -3.04. The molecule has 0 fully saturated rings. The third-order valence-electron chi connectivity index (χ3n) is 3.96. The topological polar surface area (TPSA) is 101 Å². The Morgan fingerprint density at radius 2 is 0.781 bits per heavy atom. The van der Waals surface area contributed by atoms with Gasteiger partial charge in [-0.05, 0) is 81.8 Å². The molecule has 0 saturated heterocycles. The minimum Gasteiger partial charge on any atom is -0.324 e. The summed E-state index contributed by atoms with van der Waals surface area (Å²) in [5.41, 5.74) is 3.60. The second-order valence-electron chi connectivity index (χ2n) is 6.22. The predicted octanol–water partition coefficient (Wildman–Crippen LogP) is 6.33. The van der Waals surface area contributed by atoms with Crippen molar-refractivity contribution in [2.75, 3.05) is 10.6 Å². The lowest BCUT2D eigenvalue weighted by Gasteiger charge is -2.06. The summed E-state index contributed by atoms with van der Waals surface area (Å²) in [4.78, 5) is 23.3. The lowest BCUT2D eigenvalue weighted by atomic mass is 10.1. The van der Waals surface area contributed by atoms with E-state index in [1.54, 1.807) is 0 Å². The Kier molecular flexibility index (Phi) is 6.96. The van der Waals surface area contributed by atoms with Gasteiger partial charge in [0.05, 0.1) is 0 Å². The SMILES string of the molecule is Clc1nc(Cl)nc(Nc2ccc(/C=C/c3ccc(Nc4nc(Cl)nc(Cl)n4)cc3)cc2)n1. The van der Waals surface area contributed by atoms with Crippen molar-refractivity contribution in [1.82, 2.24) is 29.9 Å². The summed E-state index contributed by atoms with van der Waals surface area (Å²) in [5.74, 6) is 0.544. The van der Waals surface area contributed by atoms with Gasteiger partial charge in [0.1, 0.15) is 0 Å². The maximum Gasteiger partial charge on any atom is 0.232 e. The van der Waals surface area contributed by atoms with Crippen molar-refractivity contribution in [3.63, 3.8) is 0 Å². The fraction of sp³-hybridized carbons (Fsp3) is 0. The summed E-state index contributed by atoms with van der Waals surface area (Å²) in [7, 11) is 0. The molecule has 0 aliphatic rings. The molecule has 4 aromatic rings. The molecule has 2 heterocycles. The molecular weight excluding hydrogens is 494 g/mol. The summed E-state index contributed by atoms with van der Waals surface area (Å²) in [5, 5.41) is 6.14. The summed E-state index contributed by atoms with van der Waals surface area (Å²) < 4.78 is 0. The molecule has 2 N–H and O–H groups in total. The first kappa shape index (κ1) is 22.2. The Labute approximate surface area is 202 Å². The third kappa shape index (κ3) is 6.24. The van der Waals surface area contributed by atoms with Gasteiger partial charge in [-0.1, -0.05) is 36.4 Å². The third-order valence-corrected chi connectivity index (χ3v) is 4.64. The number of rotatable bonds is 6. The summed E-state index contributed by atoms with van der Waals surface area (Å²) in [6.45, 7) is 0. The first-order valence-electron chi connectivity index (χ1n) is 8.99. The summed E-state index contributed by atoms with van der Waals surface area (Å²) in [6, 6.07) is 15.4. The molecule has 0 bridgehead atoms. The first-order valence-corrected chi connectivity index (χ1v) is 10.5. The van der Waals surface area contributed by atoms with Crippen LogP contribution in [-0.2, 0) is 0 Å². The summed E-state index contributed by atoms with van der Waals surface area (Å²) >= 11 is 23.1. The fourth-order valence-corrected chi connectivity index (χ4v) is 3.30. The molecule has 8 nitrogen and oxygen atoms in total. The Morgan fingerprint density at radius 1 is 0.469 bits per heavy atom. The van der Waals surface area contributed by atoms with Crippen LogP contribution in [-0.4, -0.2) is 29.9 Å². The van der Waals surface area contributed by atoms with Crippen molar-refractivity contribution in [3.05, 3.63) is 80.8 Å². The molecule has 0 unspecified atom stereocenters. The maximum absolute atomic E-state index is 5.78. The molecule has 0 aliphatic carbocycles. The average molecular weight is 506 g/mol. The molecule has 12 heteroatoms. The van der Waals surface area contributed by atoms with E-state index in [9.17, 15) is 0 Å². The van der Waals surface area contributed by atoms with E-state index in [1.165, 1.54) is 0 Å². The minimum atomic E-state index is 0.0224. The molecule has 0 radical (unpaired) electrons. The predicted molar refractivity (Wildman–Crippen MR) is 128 cm³/mol. The van der Waals surface area contributed by atoms with Gasteiger partial charge in [-0.2, -0.15) is 29.9 Å². The molecule has 2 aromatic carbocycles. The van der Waals surface area contributed by atoms with Gasteiger partial charge in [0.2, 0.25) is 33.0 Å². The van der Waals surface area contributed by atoms with Crippen LogP contribution in [0.15, 0.2) is 48.5 Å². The lowest BCUT2D eigenvalue weighted by Crippen LogP contribution is -1.99. The molecule has 160 valence electrons. The van der Waals surface area contributed by atoms with Gasteiger partial charge in [0.15, 0.2) is 0 Å². The normalized spacial score (nSPS) is 11.0. The molecule has 0 saturated carbocycles. The van der Waals surface area contributed by atoms with Crippen LogP contribution in [0.2, 0.25) is 21.1 Å². The zero-order valence-electron chi connectivity index (χ0n) is 16.0. The monoisotopic (exact) mass is 504 g/mol. The molecule has 32 heavy (non-hydrogen) atoms. The van der Waals surface area contributed by atoms with E-state index in [1.807, 2.05) is 60.7 Å². The van der Waals surface area contributed by atoms with E-state index >= 15 is 0 Å². The number of anilines is 4. The second-order valence-corrected chi connectivity index (χ2v) is 7.57. The number of aromatic nitrogens is 6. The van der Waals surface area contributed by atoms with Gasteiger partial charge in [-0.15, -0.1) is 0 Å². The van der Waals surface area contributed by atoms with Crippen LogP contribution in [0.25, 0.3) is 12.2 Å². The van der Waals surface area contributed by atoms with E-state index in [4.69, 9.17) is 46.4 Å². The Bertz CT molecular complexity index is 1120. The van der Waals surface area contributed by atoms with Gasteiger partial charge in [0, 0.05) is 11.4 Å². The highest BCUT2D eigenvalue weighted by Crippen LogP contribution is 2.20. The van der Waals surface area contributed by atoms with Crippen molar-refractivity contribution < 1.29 is 0 Å². The fourth-order valence-electron chi connectivity index (χ4n) is 2.57. The van der Waals surface area contributed by atoms with Crippen molar-refractivity contribution in [2.24, 2.45) is 0 Å². The average Bonchev–Trinajstić information content (AvgIpc) is 2.73. The van der Waals surface area contributed by atoms with Crippen LogP contribution in [0.5, 0.6) is 0 Å². The maximum atomic E-state index is 5.78. The van der Waals surface area contributed by atoms with Crippen LogP contribution in [0.4, 0.5) is 23.3 Å². The van der Waals surface area contributed by atoms with Crippen molar-refractivity contribution in [1.29, 1.82) is 0 Å². The number of halogens is 4. The molecule has 0 spiro atoms. The molecule has 0 aliphatic heterocycles. The number of benzene rings is 2. The van der Waals surface area contributed by atoms with Crippen molar-refractivity contribution >= 4 is 81.8 Å². The molecule has 0 amide bonds. The number of nitrogens with one attached hydrogen (secondary N) is 2. The number of nitrogens with zero attached hydrogens (tertiary/aromatic N) is 6. The zero-order chi connectivity index (χ0) is 22.5. The van der Waals surface area contributed by atoms with Crippen LogP contribution >= 0.6 is 46.4 Å². The minimum absolute atomic E-state index is 0.0224. The van der Waals surface area contributed by atoms with Gasteiger partial charge in [-0.3, -0.25) is 0 Å². The van der Waals surface area contributed by atoms with Gasteiger partial charge < -0.3 is 10.6 Å². The van der Waals surface area contributed by atoms with E-state index in [0.717, 1.165) is 22.5 Å². The van der Waals surface area contributed by atoms with Crippen molar-refractivity contribution in [2.45, 2.75) is 0 Å². The van der Waals surface area contributed by atoms with Crippen LogP contribution in [0.1, 0.15) is 11.1 Å². The highest BCUT2D eigenvalue weighted by molar-refractivity contribution is 6.31. The Morgan fingerprint density at radius 3 is 1.09 bits per heavy atom. The second kappa shape index (κ2) is 10.1. The molecule has 2 aromatic heterocycles. The van der Waals surface area contributed by atoms with Gasteiger partial charge in [-0.25, -0.2) is 0 Å². The van der Waals surface area contributed by atoms with Crippen LogP contribution in [0, 0.1) is 0 Å².